The number of halogens is 1. The fourth-order valence-corrected chi connectivity index (χ4v) is 2.46. The van der Waals surface area contributed by atoms with Gasteiger partial charge in [-0.15, -0.1) is 0 Å². The van der Waals surface area contributed by atoms with Crippen LogP contribution in [-0.4, -0.2) is 18.7 Å². The van der Waals surface area contributed by atoms with Gasteiger partial charge in [0, 0.05) is 4.47 Å². The summed E-state index contributed by atoms with van der Waals surface area (Å²) in [7, 11) is 0. The fourth-order valence-electron chi connectivity index (χ4n) is 2.01. The second-order valence-corrected chi connectivity index (χ2v) is 5.52. The molecule has 0 fully saturated rings. The third-order valence-electron chi connectivity index (χ3n) is 3.04. The first-order chi connectivity index (χ1) is 10.2. The number of hydrogen-bond acceptors (Lipinski definition) is 4. The van der Waals surface area contributed by atoms with Crippen LogP contribution in [0.15, 0.2) is 53.0 Å². The van der Waals surface area contributed by atoms with Crippen molar-refractivity contribution in [2.75, 3.05) is 6.61 Å². The van der Waals surface area contributed by atoms with Gasteiger partial charge in [0.25, 0.3) is 0 Å². The summed E-state index contributed by atoms with van der Waals surface area (Å²) in [5.41, 5.74) is 0.912. The van der Waals surface area contributed by atoms with Crippen molar-refractivity contribution >= 4 is 21.9 Å². The molecule has 2 aromatic rings. The molecular weight excluding hydrogens is 336 g/mol. The van der Waals surface area contributed by atoms with E-state index >= 15 is 0 Å². The molecule has 0 spiro atoms. The maximum Gasteiger partial charge on any atom is 0.351 e. The zero-order chi connectivity index (χ0) is 14.7. The molecule has 108 valence electrons. The predicted octanol–water partition coefficient (Wildman–Crippen LogP) is 3.33. The lowest BCUT2D eigenvalue weighted by Crippen LogP contribution is -2.37. The topological polar surface area (TPSA) is 44.8 Å². The van der Waals surface area contributed by atoms with Gasteiger partial charge in [0.1, 0.15) is 13.2 Å². The van der Waals surface area contributed by atoms with E-state index in [1.807, 2.05) is 36.4 Å². The molecule has 1 aliphatic rings. The molecule has 0 aromatic heterocycles. The first-order valence-corrected chi connectivity index (χ1v) is 7.31. The molecule has 2 aromatic carbocycles. The minimum absolute atomic E-state index is 0.161. The molecule has 1 atom stereocenters. The summed E-state index contributed by atoms with van der Waals surface area (Å²) in [6.45, 7) is 0.369. The lowest BCUT2D eigenvalue weighted by atomic mass is 10.2. The van der Waals surface area contributed by atoms with Crippen LogP contribution >= 0.6 is 15.9 Å². The molecule has 3 rings (SSSR count). The Bertz CT molecular complexity index is 656. The molecule has 0 N–H and O–H groups in total. The van der Waals surface area contributed by atoms with Gasteiger partial charge in [-0.05, 0) is 29.8 Å². The number of fused-ring (bicyclic) bond motifs is 1. The highest BCUT2D eigenvalue weighted by atomic mass is 79.9. The second kappa shape index (κ2) is 6.18. The van der Waals surface area contributed by atoms with Gasteiger partial charge in [0.15, 0.2) is 11.5 Å². The summed E-state index contributed by atoms with van der Waals surface area (Å²) < 4.78 is 17.3. The monoisotopic (exact) mass is 348 g/mol. The molecule has 0 aliphatic carbocycles. The Kier molecular flexibility index (Phi) is 4.10. The van der Waals surface area contributed by atoms with Crippen molar-refractivity contribution < 1.29 is 19.0 Å². The number of hydrogen-bond donors (Lipinski definition) is 0. The molecule has 4 nitrogen and oxygen atoms in total. The first kappa shape index (κ1) is 13.9. The highest BCUT2D eigenvalue weighted by Crippen LogP contribution is 2.31. The van der Waals surface area contributed by atoms with Crippen LogP contribution < -0.4 is 9.47 Å². The number of carbonyl (C=O) groups is 1. The number of esters is 1. The highest BCUT2D eigenvalue weighted by molar-refractivity contribution is 9.10. The van der Waals surface area contributed by atoms with Crippen molar-refractivity contribution in [3.63, 3.8) is 0 Å². The Morgan fingerprint density at radius 2 is 2.00 bits per heavy atom. The van der Waals surface area contributed by atoms with E-state index in [4.69, 9.17) is 14.2 Å². The van der Waals surface area contributed by atoms with Crippen molar-refractivity contribution in [1.29, 1.82) is 0 Å². The zero-order valence-electron chi connectivity index (χ0n) is 11.1. The van der Waals surface area contributed by atoms with Crippen LogP contribution in [-0.2, 0) is 16.1 Å². The average molecular weight is 349 g/mol. The summed E-state index contributed by atoms with van der Waals surface area (Å²) >= 11 is 3.38. The van der Waals surface area contributed by atoms with Crippen molar-refractivity contribution in [2.45, 2.75) is 12.7 Å². The molecule has 0 unspecified atom stereocenters. The normalized spacial score (nSPS) is 16.3. The van der Waals surface area contributed by atoms with Crippen LogP contribution in [0.25, 0.3) is 0 Å². The Balaban J connectivity index is 1.59. The zero-order valence-corrected chi connectivity index (χ0v) is 12.7. The minimum atomic E-state index is -0.730. The SMILES string of the molecule is O=C(OCc1cccc(Br)c1)[C@@H]1COc2ccccc2O1. The van der Waals surface area contributed by atoms with Crippen LogP contribution in [0.5, 0.6) is 11.5 Å². The van der Waals surface area contributed by atoms with E-state index in [2.05, 4.69) is 15.9 Å². The number of carbonyl (C=O) groups excluding carboxylic acids is 1. The first-order valence-electron chi connectivity index (χ1n) is 6.52. The Morgan fingerprint density at radius 3 is 2.81 bits per heavy atom. The molecule has 21 heavy (non-hydrogen) atoms. The quantitative estimate of drug-likeness (QED) is 0.798. The number of ether oxygens (including phenoxy) is 3. The Morgan fingerprint density at radius 1 is 1.19 bits per heavy atom. The summed E-state index contributed by atoms with van der Waals surface area (Å²) in [6, 6.07) is 14.9. The lowest BCUT2D eigenvalue weighted by Gasteiger charge is -2.24. The van der Waals surface area contributed by atoms with Gasteiger partial charge in [-0.25, -0.2) is 4.79 Å². The van der Waals surface area contributed by atoms with Crippen molar-refractivity contribution in [3.05, 3.63) is 58.6 Å². The highest BCUT2D eigenvalue weighted by Gasteiger charge is 2.28. The Labute approximate surface area is 130 Å². The maximum atomic E-state index is 12.0. The van der Waals surface area contributed by atoms with E-state index in [-0.39, 0.29) is 13.2 Å². The smallest absolute Gasteiger partial charge is 0.351 e. The van der Waals surface area contributed by atoms with Gasteiger partial charge >= 0.3 is 5.97 Å². The molecule has 0 saturated carbocycles. The van der Waals surface area contributed by atoms with Crippen LogP contribution in [0.2, 0.25) is 0 Å². The number of para-hydroxylation sites is 2. The number of benzene rings is 2. The maximum absolute atomic E-state index is 12.0. The molecule has 0 saturated heterocycles. The third-order valence-corrected chi connectivity index (χ3v) is 3.53. The molecule has 5 heteroatoms. The largest absolute Gasteiger partial charge is 0.485 e. The fraction of sp³-hybridized carbons (Fsp3) is 0.188. The molecule has 0 amide bonds. The van der Waals surface area contributed by atoms with Crippen molar-refractivity contribution in [1.82, 2.24) is 0 Å². The minimum Gasteiger partial charge on any atom is -0.485 e. The summed E-state index contributed by atoms with van der Waals surface area (Å²) in [4.78, 5) is 12.0. The molecule has 0 bridgehead atoms. The Hall–Kier alpha value is -2.01. The van der Waals surface area contributed by atoms with E-state index in [0.717, 1.165) is 10.0 Å². The lowest BCUT2D eigenvalue weighted by molar-refractivity contribution is -0.155. The van der Waals surface area contributed by atoms with E-state index in [0.29, 0.717) is 11.5 Å². The van der Waals surface area contributed by atoms with Gasteiger partial charge in [0.05, 0.1) is 0 Å². The summed E-state index contributed by atoms with van der Waals surface area (Å²) in [6.07, 6.45) is -0.730. The standard InChI is InChI=1S/C16H13BrO4/c17-12-5-3-4-11(8-12)9-20-16(18)15-10-19-13-6-1-2-7-14(13)21-15/h1-8,15H,9-10H2/t15-/m0/s1. The van der Waals surface area contributed by atoms with Gasteiger partial charge in [-0.2, -0.15) is 0 Å². The van der Waals surface area contributed by atoms with Gasteiger partial charge in [0.2, 0.25) is 6.10 Å². The van der Waals surface area contributed by atoms with Crippen molar-refractivity contribution in [2.24, 2.45) is 0 Å². The van der Waals surface area contributed by atoms with E-state index < -0.39 is 12.1 Å². The number of rotatable bonds is 3. The summed E-state index contributed by atoms with van der Waals surface area (Å²) in [5, 5.41) is 0. The average Bonchev–Trinajstić information content (AvgIpc) is 2.52. The molecule has 1 heterocycles. The third kappa shape index (κ3) is 3.36. The van der Waals surface area contributed by atoms with E-state index in [1.54, 1.807) is 12.1 Å². The second-order valence-electron chi connectivity index (χ2n) is 4.60. The van der Waals surface area contributed by atoms with Crippen LogP contribution in [0, 0.1) is 0 Å². The van der Waals surface area contributed by atoms with Gasteiger partial charge < -0.3 is 14.2 Å². The van der Waals surface area contributed by atoms with Gasteiger partial charge in [-0.1, -0.05) is 40.2 Å². The van der Waals surface area contributed by atoms with Crippen LogP contribution in [0.4, 0.5) is 0 Å². The molecule has 0 radical (unpaired) electrons. The van der Waals surface area contributed by atoms with Crippen molar-refractivity contribution in [3.8, 4) is 11.5 Å². The van der Waals surface area contributed by atoms with E-state index in [1.165, 1.54) is 0 Å². The van der Waals surface area contributed by atoms with Crippen LogP contribution in [0.3, 0.4) is 0 Å². The summed E-state index contributed by atoms with van der Waals surface area (Å²) in [5.74, 6) is 0.783. The van der Waals surface area contributed by atoms with Gasteiger partial charge in [-0.3, -0.25) is 0 Å². The van der Waals surface area contributed by atoms with Crippen LogP contribution in [0.1, 0.15) is 5.56 Å². The molecular formula is C16H13BrO4. The molecule has 1 aliphatic heterocycles. The van der Waals surface area contributed by atoms with E-state index in [9.17, 15) is 4.79 Å². The predicted molar refractivity (Wildman–Crippen MR) is 80.3 cm³/mol.